The van der Waals surface area contributed by atoms with Crippen LogP contribution >= 0.6 is 11.3 Å². The van der Waals surface area contributed by atoms with Crippen LogP contribution < -0.4 is 5.32 Å². The number of nitrogens with one attached hydrogen (secondary N) is 1. The van der Waals surface area contributed by atoms with Crippen molar-refractivity contribution in [2.75, 3.05) is 13.1 Å². The fraction of sp³-hybridized carbons (Fsp3) is 0.556. The topological polar surface area (TPSA) is 45.2 Å². The fourth-order valence-electron chi connectivity index (χ4n) is 3.34. The Morgan fingerprint density at radius 1 is 1.35 bits per heavy atom. The molecular formula is C18H23N3OS. The molecule has 0 radical (unpaired) electrons. The van der Waals surface area contributed by atoms with Gasteiger partial charge in [-0.15, -0.1) is 11.3 Å². The molecule has 1 saturated carbocycles. The number of nitrogens with zero attached hydrogens (tertiary/aromatic N) is 2. The predicted octanol–water partition coefficient (Wildman–Crippen LogP) is 3.14. The summed E-state index contributed by atoms with van der Waals surface area (Å²) in [6.07, 6.45) is 4.61. The second-order valence-corrected chi connectivity index (χ2v) is 7.87. The van der Waals surface area contributed by atoms with E-state index in [2.05, 4.69) is 28.4 Å². The van der Waals surface area contributed by atoms with Gasteiger partial charge in [-0.2, -0.15) is 0 Å². The average molecular weight is 329 g/mol. The number of para-hydroxylation sites is 1. The Morgan fingerprint density at radius 2 is 2.17 bits per heavy atom. The van der Waals surface area contributed by atoms with Gasteiger partial charge in [0.2, 0.25) is 5.91 Å². The number of piperidine rings is 1. The first-order chi connectivity index (χ1) is 11.2. The third-order valence-electron chi connectivity index (χ3n) is 4.96. The average Bonchev–Trinajstić information content (AvgIpc) is 3.28. The monoisotopic (exact) mass is 329 g/mol. The summed E-state index contributed by atoms with van der Waals surface area (Å²) in [6.45, 7) is 4.00. The highest BCUT2D eigenvalue weighted by Gasteiger charge is 2.32. The van der Waals surface area contributed by atoms with E-state index in [0.29, 0.717) is 12.0 Å². The van der Waals surface area contributed by atoms with Gasteiger partial charge in [0.25, 0.3) is 0 Å². The molecule has 1 aromatic heterocycles. The minimum Gasteiger partial charge on any atom is -0.352 e. The van der Waals surface area contributed by atoms with Crippen LogP contribution in [0.3, 0.4) is 0 Å². The first-order valence-corrected chi connectivity index (χ1v) is 9.42. The maximum absolute atomic E-state index is 12.3. The molecule has 0 unspecified atom stereocenters. The van der Waals surface area contributed by atoms with E-state index in [1.165, 1.54) is 16.1 Å². The van der Waals surface area contributed by atoms with E-state index in [1.54, 1.807) is 0 Å². The van der Waals surface area contributed by atoms with Gasteiger partial charge in [-0.25, -0.2) is 4.98 Å². The van der Waals surface area contributed by atoms with Gasteiger partial charge < -0.3 is 5.32 Å². The normalized spacial score (nSPS) is 23.8. The highest BCUT2D eigenvalue weighted by Crippen LogP contribution is 2.33. The van der Waals surface area contributed by atoms with Crippen molar-refractivity contribution in [3.63, 3.8) is 0 Å². The standard InChI is InChI=1S/C18H23N3OS/c1-12(17(22)19-14-8-9-14)21-10-4-5-13(11-21)18-20-15-6-2-3-7-16(15)23-18/h2-3,6-7,12-14H,4-5,8-11H2,1H3,(H,19,22)/t12-,13-/m0/s1. The van der Waals surface area contributed by atoms with Gasteiger partial charge >= 0.3 is 0 Å². The molecule has 0 bridgehead atoms. The third kappa shape index (κ3) is 3.26. The van der Waals surface area contributed by atoms with Crippen LogP contribution in [-0.2, 0) is 4.79 Å². The van der Waals surface area contributed by atoms with E-state index in [4.69, 9.17) is 4.98 Å². The Labute approximate surface area is 140 Å². The highest BCUT2D eigenvalue weighted by molar-refractivity contribution is 7.18. The van der Waals surface area contributed by atoms with Crippen molar-refractivity contribution in [2.24, 2.45) is 0 Å². The number of thiazole rings is 1. The summed E-state index contributed by atoms with van der Waals surface area (Å²) in [7, 11) is 0. The second kappa shape index (κ2) is 6.21. The fourth-order valence-corrected chi connectivity index (χ4v) is 4.43. The van der Waals surface area contributed by atoms with Crippen molar-refractivity contribution in [3.8, 4) is 0 Å². The third-order valence-corrected chi connectivity index (χ3v) is 6.16. The van der Waals surface area contributed by atoms with E-state index >= 15 is 0 Å². The van der Waals surface area contributed by atoms with Gasteiger partial charge in [-0.1, -0.05) is 12.1 Å². The van der Waals surface area contributed by atoms with E-state index in [0.717, 1.165) is 37.9 Å². The van der Waals surface area contributed by atoms with Gasteiger partial charge in [0, 0.05) is 18.5 Å². The number of rotatable bonds is 4. The molecule has 1 aliphatic heterocycles. The molecule has 1 aromatic carbocycles. The molecule has 0 spiro atoms. The Hall–Kier alpha value is -1.46. The molecule has 2 heterocycles. The summed E-state index contributed by atoms with van der Waals surface area (Å²) in [5, 5.41) is 4.36. The van der Waals surface area contributed by atoms with Crippen LogP contribution in [0.5, 0.6) is 0 Å². The van der Waals surface area contributed by atoms with Crippen LogP contribution in [0.1, 0.15) is 43.5 Å². The number of carbonyl (C=O) groups is 1. The van der Waals surface area contributed by atoms with E-state index in [9.17, 15) is 4.79 Å². The summed E-state index contributed by atoms with van der Waals surface area (Å²) in [6, 6.07) is 8.75. The van der Waals surface area contributed by atoms with Gasteiger partial charge in [-0.3, -0.25) is 9.69 Å². The molecule has 122 valence electrons. The molecule has 4 rings (SSSR count). The molecule has 2 atom stereocenters. The first-order valence-electron chi connectivity index (χ1n) is 8.60. The number of hydrogen-bond donors (Lipinski definition) is 1. The summed E-state index contributed by atoms with van der Waals surface area (Å²) in [5.41, 5.74) is 1.10. The van der Waals surface area contributed by atoms with Crippen molar-refractivity contribution in [3.05, 3.63) is 29.3 Å². The number of benzene rings is 1. The smallest absolute Gasteiger partial charge is 0.237 e. The quantitative estimate of drug-likeness (QED) is 0.937. The molecule has 4 nitrogen and oxygen atoms in total. The Balaban J connectivity index is 1.46. The molecule has 23 heavy (non-hydrogen) atoms. The number of likely N-dealkylation sites (tertiary alicyclic amines) is 1. The van der Waals surface area contributed by atoms with E-state index in [1.807, 2.05) is 24.3 Å². The van der Waals surface area contributed by atoms with Crippen LogP contribution in [0.15, 0.2) is 24.3 Å². The number of hydrogen-bond acceptors (Lipinski definition) is 4. The van der Waals surface area contributed by atoms with Crippen LogP contribution in [0, 0.1) is 0 Å². The lowest BCUT2D eigenvalue weighted by atomic mass is 9.97. The molecule has 1 N–H and O–H groups in total. The molecule has 5 heteroatoms. The number of amides is 1. The highest BCUT2D eigenvalue weighted by atomic mass is 32.1. The van der Waals surface area contributed by atoms with Gasteiger partial charge in [0.05, 0.1) is 21.3 Å². The Bertz CT molecular complexity index is 676. The molecule has 1 amide bonds. The van der Waals surface area contributed by atoms with Crippen molar-refractivity contribution >= 4 is 27.5 Å². The second-order valence-electron chi connectivity index (χ2n) is 6.81. The molecular weight excluding hydrogens is 306 g/mol. The Kier molecular flexibility index (Phi) is 4.07. The number of fused-ring (bicyclic) bond motifs is 1. The first kappa shape index (κ1) is 15.1. The lowest BCUT2D eigenvalue weighted by Gasteiger charge is -2.35. The van der Waals surface area contributed by atoms with Crippen molar-refractivity contribution < 1.29 is 4.79 Å². The summed E-state index contributed by atoms with van der Waals surface area (Å²) < 4.78 is 1.26. The van der Waals surface area contributed by atoms with Crippen molar-refractivity contribution in [1.82, 2.24) is 15.2 Å². The van der Waals surface area contributed by atoms with Crippen molar-refractivity contribution in [2.45, 2.75) is 50.6 Å². The van der Waals surface area contributed by atoms with Gasteiger partial charge in [0.15, 0.2) is 0 Å². The van der Waals surface area contributed by atoms with Gasteiger partial charge in [-0.05, 0) is 51.3 Å². The maximum atomic E-state index is 12.3. The maximum Gasteiger partial charge on any atom is 0.237 e. The molecule has 2 aromatic rings. The van der Waals surface area contributed by atoms with E-state index < -0.39 is 0 Å². The Morgan fingerprint density at radius 3 is 2.96 bits per heavy atom. The lowest BCUT2D eigenvalue weighted by molar-refractivity contribution is -0.126. The van der Waals surface area contributed by atoms with Crippen LogP contribution in [0.2, 0.25) is 0 Å². The number of carbonyl (C=O) groups excluding carboxylic acids is 1. The summed E-state index contributed by atoms with van der Waals surface area (Å²) in [4.78, 5) is 19.5. The zero-order valence-corrected chi connectivity index (χ0v) is 14.3. The molecule has 1 saturated heterocycles. The van der Waals surface area contributed by atoms with Crippen molar-refractivity contribution in [1.29, 1.82) is 0 Å². The molecule has 2 aliphatic rings. The van der Waals surface area contributed by atoms with E-state index in [-0.39, 0.29) is 11.9 Å². The van der Waals surface area contributed by atoms with Crippen LogP contribution in [0.25, 0.3) is 10.2 Å². The minimum absolute atomic E-state index is 0.0345. The summed E-state index contributed by atoms with van der Waals surface area (Å²) in [5.74, 6) is 0.648. The lowest BCUT2D eigenvalue weighted by Crippen LogP contribution is -2.49. The number of aromatic nitrogens is 1. The molecule has 2 fully saturated rings. The largest absolute Gasteiger partial charge is 0.352 e. The SMILES string of the molecule is C[C@@H](C(=O)NC1CC1)N1CCC[C@H](c2nc3ccccc3s2)C1. The van der Waals surface area contributed by atoms with Crippen LogP contribution in [-0.4, -0.2) is 41.0 Å². The predicted molar refractivity (Wildman–Crippen MR) is 93.8 cm³/mol. The van der Waals surface area contributed by atoms with Gasteiger partial charge in [0.1, 0.15) is 0 Å². The van der Waals surface area contributed by atoms with Crippen LogP contribution in [0.4, 0.5) is 0 Å². The zero-order valence-electron chi connectivity index (χ0n) is 13.5. The minimum atomic E-state index is -0.0345. The summed E-state index contributed by atoms with van der Waals surface area (Å²) >= 11 is 1.81. The molecule has 1 aliphatic carbocycles. The zero-order chi connectivity index (χ0) is 15.8.